The molecule has 0 aliphatic carbocycles. The van der Waals surface area contributed by atoms with Gasteiger partial charge >= 0.3 is 12.1 Å². The molecule has 1 atom stereocenters. The molecule has 0 aromatic heterocycles. The zero-order valence-corrected chi connectivity index (χ0v) is 23.7. The average Bonchev–Trinajstić information content (AvgIpc) is 3.10. The van der Waals surface area contributed by atoms with Crippen molar-refractivity contribution in [3.05, 3.63) is 59.3 Å². The van der Waals surface area contributed by atoms with Crippen molar-refractivity contribution in [1.29, 1.82) is 0 Å². The maximum atomic E-state index is 13.9. The Kier molecular flexibility index (Phi) is 9.22. The van der Waals surface area contributed by atoms with Gasteiger partial charge in [-0.2, -0.15) is 0 Å². The molecule has 0 radical (unpaired) electrons. The standard InChI is InChI=1S/C30H40N4O5/c1-6-32-15-10-16-33(29(35)31-25-12-7-8-13-26(25)38-4)14-9-11-23-17-21(2)28-22(20-34(23)30(32)36)18-24(37-3)19-27(28)39-5/h7-8,12-13,17-19,21H,6,9-11,14-16,20H2,1-5H3,(H,31,35). The first-order chi connectivity index (χ1) is 18.9. The highest BCUT2D eigenvalue weighted by molar-refractivity contribution is 5.91. The number of hydrogen-bond acceptors (Lipinski definition) is 5. The van der Waals surface area contributed by atoms with Gasteiger partial charge < -0.3 is 29.3 Å². The van der Waals surface area contributed by atoms with Gasteiger partial charge in [0.05, 0.1) is 33.6 Å². The molecule has 1 saturated heterocycles. The molecule has 9 nitrogen and oxygen atoms in total. The summed E-state index contributed by atoms with van der Waals surface area (Å²) in [6, 6.07) is 11.1. The lowest BCUT2D eigenvalue weighted by Crippen LogP contribution is -2.43. The van der Waals surface area contributed by atoms with Crippen LogP contribution in [0.1, 0.15) is 50.2 Å². The number of methoxy groups -OCH3 is 3. The summed E-state index contributed by atoms with van der Waals surface area (Å²) in [5.41, 5.74) is 3.69. The van der Waals surface area contributed by atoms with Gasteiger partial charge in [-0.15, -0.1) is 0 Å². The number of urea groups is 2. The van der Waals surface area contributed by atoms with Crippen LogP contribution < -0.4 is 19.5 Å². The van der Waals surface area contributed by atoms with E-state index in [1.165, 1.54) is 0 Å². The topological polar surface area (TPSA) is 83.6 Å². The summed E-state index contributed by atoms with van der Waals surface area (Å²) < 4.78 is 16.7. The normalized spacial score (nSPS) is 18.2. The van der Waals surface area contributed by atoms with E-state index >= 15 is 0 Å². The van der Waals surface area contributed by atoms with Gasteiger partial charge in [0, 0.05) is 49.4 Å². The molecule has 39 heavy (non-hydrogen) atoms. The fraction of sp³-hybridized carbons (Fsp3) is 0.467. The first-order valence-electron chi connectivity index (χ1n) is 13.6. The Morgan fingerprint density at radius 2 is 1.74 bits per heavy atom. The summed E-state index contributed by atoms with van der Waals surface area (Å²) in [5, 5.41) is 3.00. The van der Waals surface area contributed by atoms with Crippen LogP contribution in [-0.4, -0.2) is 74.3 Å². The van der Waals surface area contributed by atoms with Crippen LogP contribution >= 0.6 is 0 Å². The van der Waals surface area contributed by atoms with E-state index in [1.54, 1.807) is 21.3 Å². The number of nitrogens with one attached hydrogen (secondary N) is 1. The molecule has 0 bridgehead atoms. The first kappa shape index (κ1) is 28.1. The Morgan fingerprint density at radius 3 is 2.46 bits per heavy atom. The van der Waals surface area contributed by atoms with Crippen LogP contribution in [0.25, 0.3) is 0 Å². The molecule has 1 N–H and O–H groups in total. The van der Waals surface area contributed by atoms with Crippen molar-refractivity contribution < 1.29 is 23.8 Å². The number of carbonyl (C=O) groups is 2. The van der Waals surface area contributed by atoms with Gasteiger partial charge in [0.25, 0.3) is 0 Å². The van der Waals surface area contributed by atoms with E-state index in [1.807, 2.05) is 58.0 Å². The highest BCUT2D eigenvalue weighted by Gasteiger charge is 2.30. The zero-order chi connectivity index (χ0) is 27.9. The van der Waals surface area contributed by atoms with Crippen LogP contribution in [0.4, 0.5) is 15.3 Å². The fourth-order valence-corrected chi connectivity index (χ4v) is 5.45. The number of carbonyl (C=O) groups excluding carboxylic acids is 2. The highest BCUT2D eigenvalue weighted by Crippen LogP contribution is 2.40. The van der Waals surface area contributed by atoms with E-state index in [2.05, 4.69) is 18.3 Å². The lowest BCUT2D eigenvalue weighted by molar-refractivity contribution is 0.163. The van der Waals surface area contributed by atoms with Gasteiger partial charge in [0.15, 0.2) is 0 Å². The monoisotopic (exact) mass is 536 g/mol. The number of nitrogens with zero attached hydrogens (tertiary/aromatic N) is 3. The zero-order valence-electron chi connectivity index (χ0n) is 23.7. The largest absolute Gasteiger partial charge is 0.497 e. The fourth-order valence-electron chi connectivity index (χ4n) is 5.45. The van der Waals surface area contributed by atoms with Crippen molar-refractivity contribution >= 4 is 17.7 Å². The lowest BCUT2D eigenvalue weighted by atomic mass is 9.94. The summed E-state index contributed by atoms with van der Waals surface area (Å²) in [4.78, 5) is 32.8. The van der Waals surface area contributed by atoms with Gasteiger partial charge in [0.2, 0.25) is 0 Å². The van der Waals surface area contributed by atoms with Gasteiger partial charge in [-0.3, -0.25) is 4.90 Å². The molecule has 2 aliphatic rings. The SMILES string of the molecule is CCN1CCCN(C(=O)Nc2ccccc2OC)CCCC2=CC(C)c3c(cc(OC)cc3OC)CN2C1=O. The summed E-state index contributed by atoms with van der Waals surface area (Å²) in [6.07, 6.45) is 4.24. The number of benzene rings is 2. The predicted octanol–water partition coefficient (Wildman–Crippen LogP) is 5.68. The Labute approximate surface area is 231 Å². The summed E-state index contributed by atoms with van der Waals surface area (Å²) in [6.45, 7) is 6.83. The first-order valence-corrected chi connectivity index (χ1v) is 13.6. The van der Waals surface area contributed by atoms with E-state index in [9.17, 15) is 9.59 Å². The Morgan fingerprint density at radius 1 is 1.00 bits per heavy atom. The number of anilines is 1. The lowest BCUT2D eigenvalue weighted by Gasteiger charge is -2.31. The van der Waals surface area contributed by atoms with Crippen LogP contribution in [0.2, 0.25) is 0 Å². The Bertz CT molecular complexity index is 1210. The van der Waals surface area contributed by atoms with E-state index in [0.29, 0.717) is 62.8 Å². The molecule has 4 amide bonds. The minimum atomic E-state index is -0.169. The minimum absolute atomic E-state index is 0.0162. The van der Waals surface area contributed by atoms with Crippen LogP contribution in [0.3, 0.4) is 0 Å². The third kappa shape index (κ3) is 6.24. The number of para-hydroxylation sites is 2. The predicted molar refractivity (Wildman–Crippen MR) is 152 cm³/mol. The van der Waals surface area contributed by atoms with E-state index in [0.717, 1.165) is 29.0 Å². The number of fused-ring (bicyclic) bond motifs is 2. The molecule has 2 aromatic carbocycles. The second kappa shape index (κ2) is 12.8. The van der Waals surface area contributed by atoms with E-state index < -0.39 is 0 Å². The van der Waals surface area contributed by atoms with Gasteiger partial charge in [-0.05, 0) is 49.9 Å². The van der Waals surface area contributed by atoms with Gasteiger partial charge in [-0.1, -0.05) is 25.1 Å². The second-order valence-corrected chi connectivity index (χ2v) is 9.87. The molecule has 0 spiro atoms. The highest BCUT2D eigenvalue weighted by atomic mass is 16.5. The summed E-state index contributed by atoms with van der Waals surface area (Å²) >= 11 is 0. The second-order valence-electron chi connectivity index (χ2n) is 9.87. The third-order valence-electron chi connectivity index (χ3n) is 7.47. The quantitative estimate of drug-likeness (QED) is 0.532. The molecule has 0 saturated carbocycles. The van der Waals surface area contributed by atoms with Crippen molar-refractivity contribution in [3.63, 3.8) is 0 Å². The van der Waals surface area contributed by atoms with E-state index in [4.69, 9.17) is 14.2 Å². The van der Waals surface area contributed by atoms with Crippen LogP contribution in [-0.2, 0) is 6.54 Å². The molecule has 9 heteroatoms. The number of allylic oxidation sites excluding steroid dienone is 2. The van der Waals surface area contributed by atoms with Crippen LogP contribution in [0, 0.1) is 0 Å². The molecule has 2 aliphatic heterocycles. The number of hydrogen-bond donors (Lipinski definition) is 1. The Balaban J connectivity index is 1.61. The van der Waals surface area contributed by atoms with Gasteiger partial charge in [-0.25, -0.2) is 9.59 Å². The van der Waals surface area contributed by atoms with Gasteiger partial charge in [0.1, 0.15) is 17.2 Å². The molecular weight excluding hydrogens is 496 g/mol. The molecule has 2 heterocycles. The minimum Gasteiger partial charge on any atom is -0.497 e. The average molecular weight is 537 g/mol. The maximum absolute atomic E-state index is 13.9. The van der Waals surface area contributed by atoms with Crippen LogP contribution in [0.5, 0.6) is 17.2 Å². The number of amides is 4. The van der Waals surface area contributed by atoms with Crippen molar-refractivity contribution in [2.75, 3.05) is 52.8 Å². The third-order valence-corrected chi connectivity index (χ3v) is 7.47. The van der Waals surface area contributed by atoms with Crippen molar-refractivity contribution in [2.24, 2.45) is 0 Å². The maximum Gasteiger partial charge on any atom is 0.324 e. The van der Waals surface area contributed by atoms with Crippen molar-refractivity contribution in [1.82, 2.24) is 14.7 Å². The molecular formula is C30H40N4O5. The number of ether oxygens (including phenoxy) is 3. The molecule has 1 unspecified atom stereocenters. The molecule has 210 valence electrons. The Hall–Kier alpha value is -3.88. The summed E-state index contributed by atoms with van der Waals surface area (Å²) in [7, 11) is 4.89. The number of rotatable bonds is 5. The molecule has 2 aromatic rings. The molecule has 4 rings (SSSR count). The van der Waals surface area contributed by atoms with Crippen LogP contribution in [0.15, 0.2) is 48.2 Å². The van der Waals surface area contributed by atoms with Crippen molar-refractivity contribution in [2.45, 2.75) is 45.6 Å². The van der Waals surface area contributed by atoms with E-state index in [-0.39, 0.29) is 18.0 Å². The summed E-state index contributed by atoms with van der Waals surface area (Å²) in [5.74, 6) is 2.12. The molecule has 1 fully saturated rings. The smallest absolute Gasteiger partial charge is 0.324 e. The van der Waals surface area contributed by atoms with Crippen molar-refractivity contribution in [3.8, 4) is 17.2 Å².